The van der Waals surface area contributed by atoms with Crippen LogP contribution >= 0.6 is 0 Å². The minimum atomic E-state index is -1.36. The zero-order valence-corrected chi connectivity index (χ0v) is 18.5. The summed E-state index contributed by atoms with van der Waals surface area (Å²) in [5, 5.41) is 4.19. The molecule has 0 fully saturated rings. The first-order valence-corrected chi connectivity index (χ1v) is 13.5. The lowest BCUT2D eigenvalue weighted by atomic mass is 9.92. The average Bonchev–Trinajstić information content (AvgIpc) is 2.66. The smallest absolute Gasteiger partial charge is 0.0656 e. The van der Waals surface area contributed by atoms with Crippen molar-refractivity contribution in [2.45, 2.75) is 33.5 Å². The van der Waals surface area contributed by atoms with Crippen molar-refractivity contribution >= 4 is 24.0 Å². The zero-order valence-electron chi connectivity index (χ0n) is 17.5. The SMILES string of the molecule is Cc1cc(C)cc(-c2cc(-c3ccccc3)c3ccc([Si](C)(C)C)cc3c2)c1. The van der Waals surface area contributed by atoms with Gasteiger partial charge in [-0.15, -0.1) is 0 Å². The Labute approximate surface area is 169 Å². The van der Waals surface area contributed by atoms with E-state index < -0.39 is 8.07 Å². The van der Waals surface area contributed by atoms with E-state index in [2.05, 4.69) is 112 Å². The van der Waals surface area contributed by atoms with E-state index in [1.165, 1.54) is 49.3 Å². The van der Waals surface area contributed by atoms with Gasteiger partial charge in [-0.05, 0) is 59.0 Å². The fourth-order valence-corrected chi connectivity index (χ4v) is 5.17. The van der Waals surface area contributed by atoms with Crippen LogP contribution < -0.4 is 5.19 Å². The second kappa shape index (κ2) is 7.07. The highest BCUT2D eigenvalue weighted by Crippen LogP contribution is 2.34. The highest BCUT2D eigenvalue weighted by Gasteiger charge is 2.17. The van der Waals surface area contributed by atoms with Crippen LogP contribution in [0.15, 0.2) is 78.9 Å². The molecular formula is C27H28Si. The lowest BCUT2D eigenvalue weighted by Crippen LogP contribution is -2.37. The molecule has 0 heterocycles. The first-order chi connectivity index (χ1) is 13.3. The molecule has 1 heteroatoms. The van der Waals surface area contributed by atoms with Crippen LogP contribution in [0.25, 0.3) is 33.0 Å². The van der Waals surface area contributed by atoms with E-state index in [1.807, 2.05) is 0 Å². The molecule has 0 aromatic heterocycles. The van der Waals surface area contributed by atoms with E-state index in [1.54, 1.807) is 0 Å². The normalized spacial score (nSPS) is 11.8. The predicted molar refractivity (Wildman–Crippen MR) is 127 cm³/mol. The van der Waals surface area contributed by atoms with E-state index in [0.29, 0.717) is 0 Å². The summed E-state index contributed by atoms with van der Waals surface area (Å²) in [5.41, 5.74) is 7.81. The van der Waals surface area contributed by atoms with Crippen molar-refractivity contribution < 1.29 is 0 Å². The second-order valence-corrected chi connectivity index (χ2v) is 14.0. The van der Waals surface area contributed by atoms with Gasteiger partial charge in [0.25, 0.3) is 0 Å². The summed E-state index contributed by atoms with van der Waals surface area (Å²) in [4.78, 5) is 0. The first-order valence-electron chi connectivity index (χ1n) is 10.0. The lowest BCUT2D eigenvalue weighted by molar-refractivity contribution is 1.38. The van der Waals surface area contributed by atoms with Crippen LogP contribution in [0.2, 0.25) is 19.6 Å². The Bertz CT molecular complexity index is 1130. The van der Waals surface area contributed by atoms with Gasteiger partial charge in [-0.3, -0.25) is 0 Å². The Kier molecular flexibility index (Phi) is 4.72. The number of rotatable bonds is 3. The fraction of sp³-hybridized carbons (Fsp3) is 0.185. The van der Waals surface area contributed by atoms with Crippen LogP contribution in [0.5, 0.6) is 0 Å². The van der Waals surface area contributed by atoms with Crippen molar-refractivity contribution in [3.63, 3.8) is 0 Å². The standard InChI is InChI=1S/C27H28Si/c1-19-13-20(2)15-22(14-19)23-16-24-17-25(28(3,4)5)11-12-26(24)27(18-23)21-9-7-6-8-10-21/h6-18H,1-5H3. The third-order valence-corrected chi connectivity index (χ3v) is 7.50. The minimum Gasteiger partial charge on any atom is -0.0656 e. The van der Waals surface area contributed by atoms with Gasteiger partial charge in [0.2, 0.25) is 0 Å². The Morgan fingerprint density at radius 1 is 0.571 bits per heavy atom. The molecule has 0 aliphatic rings. The summed E-state index contributed by atoms with van der Waals surface area (Å²) in [6.45, 7) is 11.6. The summed E-state index contributed by atoms with van der Waals surface area (Å²) in [7, 11) is -1.36. The Morgan fingerprint density at radius 3 is 1.86 bits per heavy atom. The molecular weight excluding hydrogens is 352 g/mol. The molecule has 0 atom stereocenters. The molecule has 0 aliphatic heterocycles. The van der Waals surface area contributed by atoms with Gasteiger partial charge in [-0.1, -0.05) is 103 Å². The summed E-state index contributed by atoms with van der Waals surface area (Å²) in [6, 6.07) is 29.4. The van der Waals surface area contributed by atoms with Crippen LogP contribution in [0, 0.1) is 13.8 Å². The average molecular weight is 381 g/mol. The molecule has 0 bridgehead atoms. The highest BCUT2D eigenvalue weighted by molar-refractivity contribution is 6.88. The summed E-state index contributed by atoms with van der Waals surface area (Å²) >= 11 is 0. The van der Waals surface area contributed by atoms with Crippen LogP contribution in [0.4, 0.5) is 0 Å². The third kappa shape index (κ3) is 3.68. The van der Waals surface area contributed by atoms with Crippen molar-refractivity contribution in [2.24, 2.45) is 0 Å². The van der Waals surface area contributed by atoms with Crippen molar-refractivity contribution in [1.29, 1.82) is 0 Å². The fourth-order valence-electron chi connectivity index (χ4n) is 4.00. The molecule has 0 amide bonds. The van der Waals surface area contributed by atoms with Crippen LogP contribution in [-0.2, 0) is 0 Å². The number of benzene rings is 4. The van der Waals surface area contributed by atoms with Crippen LogP contribution in [-0.4, -0.2) is 8.07 Å². The summed E-state index contributed by atoms with van der Waals surface area (Å²) in [5.74, 6) is 0. The van der Waals surface area contributed by atoms with Gasteiger partial charge in [0.05, 0.1) is 8.07 Å². The molecule has 140 valence electrons. The molecule has 0 radical (unpaired) electrons. The molecule has 0 N–H and O–H groups in total. The van der Waals surface area contributed by atoms with Crippen LogP contribution in [0.1, 0.15) is 11.1 Å². The highest BCUT2D eigenvalue weighted by atomic mass is 28.3. The van der Waals surface area contributed by atoms with Gasteiger partial charge in [0.1, 0.15) is 0 Å². The predicted octanol–water partition coefficient (Wildman–Crippen LogP) is 7.34. The molecule has 4 aromatic carbocycles. The Morgan fingerprint density at radius 2 is 1.21 bits per heavy atom. The van der Waals surface area contributed by atoms with Gasteiger partial charge in [-0.25, -0.2) is 0 Å². The first kappa shape index (κ1) is 18.7. The van der Waals surface area contributed by atoms with Crippen LogP contribution in [0.3, 0.4) is 0 Å². The van der Waals surface area contributed by atoms with Crippen molar-refractivity contribution in [3.8, 4) is 22.3 Å². The molecule has 0 aliphatic carbocycles. The quantitative estimate of drug-likeness (QED) is 0.326. The maximum absolute atomic E-state index is 2.43. The van der Waals surface area contributed by atoms with Gasteiger partial charge in [-0.2, -0.15) is 0 Å². The molecule has 28 heavy (non-hydrogen) atoms. The van der Waals surface area contributed by atoms with Crippen molar-refractivity contribution in [2.75, 3.05) is 0 Å². The van der Waals surface area contributed by atoms with Gasteiger partial charge < -0.3 is 0 Å². The number of hydrogen-bond donors (Lipinski definition) is 0. The van der Waals surface area contributed by atoms with Gasteiger partial charge >= 0.3 is 0 Å². The molecule has 0 saturated carbocycles. The molecule has 0 saturated heterocycles. The summed E-state index contributed by atoms with van der Waals surface area (Å²) < 4.78 is 0. The third-order valence-electron chi connectivity index (χ3n) is 5.46. The van der Waals surface area contributed by atoms with E-state index in [4.69, 9.17) is 0 Å². The summed E-state index contributed by atoms with van der Waals surface area (Å²) in [6.07, 6.45) is 0. The van der Waals surface area contributed by atoms with E-state index in [9.17, 15) is 0 Å². The second-order valence-electron chi connectivity index (χ2n) is 8.95. The number of fused-ring (bicyclic) bond motifs is 1. The largest absolute Gasteiger partial charge is 0.0776 e. The van der Waals surface area contributed by atoms with Gasteiger partial charge in [0, 0.05) is 0 Å². The van der Waals surface area contributed by atoms with Crippen molar-refractivity contribution in [3.05, 3.63) is 90.0 Å². The number of hydrogen-bond acceptors (Lipinski definition) is 0. The maximum Gasteiger partial charge on any atom is 0.0776 e. The lowest BCUT2D eigenvalue weighted by Gasteiger charge is -2.19. The molecule has 4 aromatic rings. The Hall–Kier alpha value is -2.64. The van der Waals surface area contributed by atoms with E-state index >= 15 is 0 Å². The van der Waals surface area contributed by atoms with E-state index in [-0.39, 0.29) is 0 Å². The van der Waals surface area contributed by atoms with E-state index in [0.717, 1.165) is 0 Å². The molecule has 0 nitrogen and oxygen atoms in total. The molecule has 4 rings (SSSR count). The molecule has 0 unspecified atom stereocenters. The minimum absolute atomic E-state index is 1.28. The number of aryl methyl sites for hydroxylation is 2. The van der Waals surface area contributed by atoms with Crippen molar-refractivity contribution in [1.82, 2.24) is 0 Å². The Balaban J connectivity index is 2.03. The maximum atomic E-state index is 2.43. The molecule has 0 spiro atoms. The van der Waals surface area contributed by atoms with Gasteiger partial charge in [0.15, 0.2) is 0 Å². The monoisotopic (exact) mass is 380 g/mol. The zero-order chi connectivity index (χ0) is 19.9. The topological polar surface area (TPSA) is 0 Å².